The van der Waals surface area contributed by atoms with E-state index in [1.54, 1.807) is 0 Å². The number of hydrogen-bond donors (Lipinski definition) is 1. The summed E-state index contributed by atoms with van der Waals surface area (Å²) < 4.78 is 1.96. The molecule has 0 spiro atoms. The first-order valence-corrected chi connectivity index (χ1v) is 13.0. The second kappa shape index (κ2) is 9.37. The lowest BCUT2D eigenvalue weighted by Crippen LogP contribution is -2.59. The Labute approximate surface area is 207 Å². The molecule has 2 unspecified atom stereocenters. The van der Waals surface area contributed by atoms with Gasteiger partial charge in [0.25, 0.3) is 0 Å². The molecule has 8 heteroatoms. The summed E-state index contributed by atoms with van der Waals surface area (Å²) in [6.07, 6.45) is 5.52. The van der Waals surface area contributed by atoms with E-state index in [1.165, 1.54) is 5.56 Å². The zero-order valence-electron chi connectivity index (χ0n) is 21.2. The zero-order chi connectivity index (χ0) is 24.7. The van der Waals surface area contributed by atoms with Crippen LogP contribution >= 0.6 is 0 Å². The first-order valence-electron chi connectivity index (χ1n) is 13.0. The van der Waals surface area contributed by atoms with E-state index >= 15 is 0 Å². The van der Waals surface area contributed by atoms with Gasteiger partial charge in [-0.1, -0.05) is 50.3 Å². The Morgan fingerprint density at radius 1 is 1.06 bits per heavy atom. The lowest BCUT2D eigenvalue weighted by molar-refractivity contribution is -0.146. The average molecular weight is 479 g/mol. The van der Waals surface area contributed by atoms with Gasteiger partial charge in [-0.05, 0) is 49.1 Å². The molecule has 2 amide bonds. The molecular formula is C27H38N6O2. The number of nitrogens with zero attached hydrogens (tertiary/aromatic N) is 5. The zero-order valence-corrected chi connectivity index (χ0v) is 21.2. The largest absolute Gasteiger partial charge is 0.369 e. The van der Waals surface area contributed by atoms with Crippen molar-refractivity contribution in [1.82, 2.24) is 24.8 Å². The number of hydrogen-bond acceptors (Lipinski definition) is 5. The van der Waals surface area contributed by atoms with Gasteiger partial charge in [-0.25, -0.2) is 0 Å². The van der Waals surface area contributed by atoms with E-state index < -0.39 is 0 Å². The van der Waals surface area contributed by atoms with Gasteiger partial charge < -0.3 is 10.6 Å². The Morgan fingerprint density at radius 3 is 2.37 bits per heavy atom. The van der Waals surface area contributed by atoms with E-state index in [0.29, 0.717) is 37.9 Å². The molecule has 4 fully saturated rings. The first kappa shape index (κ1) is 24.0. The van der Waals surface area contributed by atoms with Crippen LogP contribution in [0.4, 0.5) is 0 Å². The average Bonchev–Trinajstić information content (AvgIpc) is 3.32. The van der Waals surface area contributed by atoms with Crippen LogP contribution in [0.1, 0.15) is 52.0 Å². The van der Waals surface area contributed by atoms with Crippen LogP contribution in [0.5, 0.6) is 0 Å². The van der Waals surface area contributed by atoms with E-state index in [9.17, 15) is 9.59 Å². The Morgan fingerprint density at radius 2 is 1.77 bits per heavy atom. The molecule has 0 aliphatic carbocycles. The Bertz CT molecular complexity index is 1060. The van der Waals surface area contributed by atoms with Crippen LogP contribution in [0.2, 0.25) is 0 Å². The molecule has 6 rings (SSSR count). The Balaban J connectivity index is 1.19. The number of benzene rings is 1. The number of primary amides is 1. The van der Waals surface area contributed by atoms with Crippen molar-refractivity contribution < 1.29 is 9.59 Å². The predicted molar refractivity (Wildman–Crippen MR) is 134 cm³/mol. The molecule has 1 aromatic heterocycles. The standard InChI is InChI=1S/C27H38N6O2/c1-27(2,3)21-6-4-18(5-7-21)24-17-33(30-29-24)15-22-14-20-10-13-32(22)16-23(20)26(35)31-11-8-19(9-12-31)25(28)34/h4-7,17,19-20,22-23H,8-16H2,1-3H3,(H2,28,34)/t20?,22-,23+/m1/s1. The molecule has 4 atom stereocenters. The van der Waals surface area contributed by atoms with Crippen molar-refractivity contribution in [2.45, 2.75) is 64.5 Å². The number of aromatic nitrogens is 3. The fraction of sp³-hybridized carbons (Fsp3) is 0.630. The first-order chi connectivity index (χ1) is 16.7. The van der Waals surface area contributed by atoms with Crippen LogP contribution < -0.4 is 5.73 Å². The highest BCUT2D eigenvalue weighted by atomic mass is 16.2. The molecule has 4 aliphatic heterocycles. The molecule has 2 N–H and O–H groups in total. The molecule has 1 aromatic carbocycles. The summed E-state index contributed by atoms with van der Waals surface area (Å²) in [6.45, 7) is 10.6. The van der Waals surface area contributed by atoms with Crippen molar-refractivity contribution in [2.24, 2.45) is 23.5 Å². The van der Waals surface area contributed by atoms with Crippen molar-refractivity contribution in [1.29, 1.82) is 0 Å². The van der Waals surface area contributed by atoms with E-state index in [1.807, 2.05) is 15.8 Å². The maximum atomic E-state index is 13.3. The fourth-order valence-electron chi connectivity index (χ4n) is 6.10. The molecule has 0 saturated carbocycles. The fourth-order valence-corrected chi connectivity index (χ4v) is 6.10. The molecule has 4 saturated heterocycles. The van der Waals surface area contributed by atoms with Crippen molar-refractivity contribution in [3.05, 3.63) is 36.0 Å². The van der Waals surface area contributed by atoms with Gasteiger partial charge in [-0.3, -0.25) is 19.2 Å². The third-order valence-corrected chi connectivity index (χ3v) is 8.39. The maximum absolute atomic E-state index is 13.3. The van der Waals surface area contributed by atoms with Gasteiger partial charge in [0.1, 0.15) is 5.69 Å². The van der Waals surface area contributed by atoms with Gasteiger partial charge >= 0.3 is 0 Å². The summed E-state index contributed by atoms with van der Waals surface area (Å²) in [4.78, 5) is 29.2. The third-order valence-electron chi connectivity index (χ3n) is 8.39. The van der Waals surface area contributed by atoms with Crippen molar-refractivity contribution >= 4 is 11.8 Å². The minimum Gasteiger partial charge on any atom is -0.369 e. The Kier molecular flexibility index (Phi) is 6.42. The minimum atomic E-state index is -0.235. The van der Waals surface area contributed by atoms with Gasteiger partial charge in [-0.2, -0.15) is 0 Å². The van der Waals surface area contributed by atoms with Crippen LogP contribution in [-0.4, -0.2) is 68.8 Å². The highest BCUT2D eigenvalue weighted by Gasteiger charge is 2.45. The van der Waals surface area contributed by atoms with Gasteiger partial charge in [-0.15, -0.1) is 5.10 Å². The molecule has 2 aromatic rings. The predicted octanol–water partition coefficient (Wildman–Crippen LogP) is 2.68. The van der Waals surface area contributed by atoms with E-state index in [4.69, 9.17) is 5.73 Å². The highest BCUT2D eigenvalue weighted by Crippen LogP contribution is 2.38. The van der Waals surface area contributed by atoms with Gasteiger partial charge in [0.15, 0.2) is 0 Å². The quantitative estimate of drug-likeness (QED) is 0.713. The van der Waals surface area contributed by atoms with Crippen LogP contribution in [0.25, 0.3) is 11.3 Å². The normalized spacial score (nSPS) is 27.2. The van der Waals surface area contributed by atoms with Gasteiger partial charge in [0, 0.05) is 37.2 Å². The lowest BCUT2D eigenvalue weighted by Gasteiger charge is -2.50. The van der Waals surface area contributed by atoms with Crippen LogP contribution in [-0.2, 0) is 21.5 Å². The van der Waals surface area contributed by atoms with E-state index in [-0.39, 0.29) is 29.1 Å². The second-order valence-electron chi connectivity index (χ2n) is 11.7. The van der Waals surface area contributed by atoms with Crippen LogP contribution in [0, 0.1) is 17.8 Å². The van der Waals surface area contributed by atoms with Gasteiger partial charge in [0.2, 0.25) is 11.8 Å². The summed E-state index contributed by atoms with van der Waals surface area (Å²) in [5.41, 5.74) is 8.87. The number of carbonyl (C=O) groups excluding carboxylic acids is 2. The number of amides is 2. The summed E-state index contributed by atoms with van der Waals surface area (Å²) in [7, 11) is 0. The molecule has 5 heterocycles. The number of rotatable bonds is 5. The molecule has 8 nitrogen and oxygen atoms in total. The maximum Gasteiger partial charge on any atom is 0.227 e. The van der Waals surface area contributed by atoms with Gasteiger partial charge in [0.05, 0.1) is 18.7 Å². The molecule has 4 aliphatic rings. The number of piperidine rings is 4. The summed E-state index contributed by atoms with van der Waals surface area (Å²) in [5, 5.41) is 8.85. The Hall–Kier alpha value is -2.74. The van der Waals surface area contributed by atoms with Crippen molar-refractivity contribution in [3.8, 4) is 11.3 Å². The monoisotopic (exact) mass is 478 g/mol. The van der Waals surface area contributed by atoms with E-state index in [2.05, 4.69) is 60.2 Å². The summed E-state index contributed by atoms with van der Waals surface area (Å²) in [6, 6.07) is 8.99. The topological polar surface area (TPSA) is 97.3 Å². The highest BCUT2D eigenvalue weighted by molar-refractivity contribution is 5.81. The third kappa shape index (κ3) is 4.99. The van der Waals surface area contributed by atoms with Crippen LogP contribution in [0.3, 0.4) is 0 Å². The van der Waals surface area contributed by atoms with Crippen molar-refractivity contribution in [3.63, 3.8) is 0 Å². The molecule has 188 valence electrons. The number of carbonyl (C=O) groups is 2. The number of likely N-dealkylation sites (tertiary alicyclic amines) is 1. The summed E-state index contributed by atoms with van der Waals surface area (Å²) in [5.74, 6) is 0.430. The summed E-state index contributed by atoms with van der Waals surface area (Å²) >= 11 is 0. The van der Waals surface area contributed by atoms with Crippen LogP contribution in [0.15, 0.2) is 30.5 Å². The number of nitrogens with two attached hydrogens (primary N) is 1. The lowest BCUT2D eigenvalue weighted by atomic mass is 9.74. The molecule has 2 bridgehead atoms. The van der Waals surface area contributed by atoms with Crippen molar-refractivity contribution in [2.75, 3.05) is 26.2 Å². The smallest absolute Gasteiger partial charge is 0.227 e. The number of fused-ring (bicyclic) bond motifs is 3. The molecule has 35 heavy (non-hydrogen) atoms. The molecule has 0 radical (unpaired) electrons. The minimum absolute atomic E-state index is 0.0674. The van der Waals surface area contributed by atoms with E-state index in [0.717, 1.165) is 43.7 Å². The second-order valence-corrected chi connectivity index (χ2v) is 11.7. The SMILES string of the molecule is CC(C)(C)c1ccc(-c2cn(C[C@H]3CC4CCN3C[C@@H]4C(=O)N3CCC(C(N)=O)CC3)nn2)cc1. The molecular weight excluding hydrogens is 440 g/mol.